The van der Waals surface area contributed by atoms with Gasteiger partial charge in [-0.2, -0.15) is 0 Å². The van der Waals surface area contributed by atoms with E-state index >= 15 is 0 Å². The maximum atomic E-state index is 10.4. The summed E-state index contributed by atoms with van der Waals surface area (Å²) < 4.78 is 5.99. The van der Waals surface area contributed by atoms with Gasteiger partial charge in [0.1, 0.15) is 28.2 Å². The molecule has 0 bridgehead atoms. The molecule has 1 heterocycles. The van der Waals surface area contributed by atoms with Crippen LogP contribution in [0, 0.1) is 0 Å². The molecule has 3 aromatic rings. The highest BCUT2D eigenvalue weighted by atomic mass is 16.5. The Morgan fingerprint density at radius 1 is 1.08 bits per heavy atom. The highest BCUT2D eigenvalue weighted by Crippen LogP contribution is 2.28. The number of rotatable bonds is 7. The van der Waals surface area contributed by atoms with Gasteiger partial charge in [-0.25, -0.2) is 0 Å². The number of aromatic hydroxyl groups is 1. The molecule has 0 fully saturated rings. The average molecular weight is 325 g/mol. The summed E-state index contributed by atoms with van der Waals surface area (Å²) in [4.78, 5) is 1.46. The molecule has 0 amide bonds. The lowest BCUT2D eigenvalue weighted by molar-refractivity contribution is 0.183. The minimum atomic E-state index is 0.109. The van der Waals surface area contributed by atoms with Crippen LogP contribution in [0.5, 0.6) is 11.5 Å². The second-order valence-electron chi connectivity index (χ2n) is 5.92. The minimum absolute atomic E-state index is 0.109. The van der Waals surface area contributed by atoms with Crippen molar-refractivity contribution in [2.24, 2.45) is 0 Å². The van der Waals surface area contributed by atoms with E-state index in [1.54, 1.807) is 12.1 Å². The predicted molar refractivity (Wildman–Crippen MR) is 94.8 cm³/mol. The van der Waals surface area contributed by atoms with Gasteiger partial charge >= 0.3 is 0 Å². The van der Waals surface area contributed by atoms with Crippen LogP contribution in [0.25, 0.3) is 16.7 Å². The van der Waals surface area contributed by atoms with Gasteiger partial charge in [-0.05, 0) is 37.1 Å². The van der Waals surface area contributed by atoms with Crippen molar-refractivity contribution in [1.29, 1.82) is 0 Å². The van der Waals surface area contributed by atoms with Gasteiger partial charge in [0, 0.05) is 6.07 Å². The fourth-order valence-electron chi connectivity index (χ4n) is 2.68. The number of phenolic OH excluding ortho intramolecular Hbond substituents is 1. The summed E-state index contributed by atoms with van der Waals surface area (Å²) >= 11 is 0. The van der Waals surface area contributed by atoms with Crippen LogP contribution in [0.2, 0.25) is 0 Å². The topological polar surface area (TPSA) is 60.2 Å². The molecule has 1 unspecified atom stereocenters. The van der Waals surface area contributed by atoms with E-state index in [-0.39, 0.29) is 11.9 Å². The van der Waals surface area contributed by atoms with Crippen LogP contribution in [-0.4, -0.2) is 26.2 Å². The quantitative estimate of drug-likeness (QED) is 0.696. The first-order valence-corrected chi connectivity index (χ1v) is 8.53. The Bertz CT molecular complexity index is 780. The van der Waals surface area contributed by atoms with Gasteiger partial charge in [0.05, 0.1) is 6.10 Å². The number of hydrogen-bond acceptors (Lipinski definition) is 4. The Morgan fingerprint density at radius 3 is 2.38 bits per heavy atom. The van der Waals surface area contributed by atoms with Crippen molar-refractivity contribution in [2.45, 2.75) is 45.6 Å². The molecule has 1 aromatic heterocycles. The van der Waals surface area contributed by atoms with E-state index in [9.17, 15) is 5.11 Å². The Morgan fingerprint density at radius 2 is 1.79 bits per heavy atom. The summed E-state index contributed by atoms with van der Waals surface area (Å²) in [6.07, 6.45) is 4.46. The average Bonchev–Trinajstić information content (AvgIpc) is 3.02. The Hall–Kier alpha value is -2.56. The van der Waals surface area contributed by atoms with E-state index in [1.165, 1.54) is 4.80 Å². The molecule has 5 nitrogen and oxygen atoms in total. The molecule has 0 aliphatic rings. The maximum Gasteiger partial charge on any atom is 0.146 e. The van der Waals surface area contributed by atoms with Crippen LogP contribution in [0.1, 0.15) is 39.5 Å². The SMILES string of the molecule is CCCCC(CC)Oc1ccc(-n2nc3ccccc3n2)c(O)c1. The summed E-state index contributed by atoms with van der Waals surface area (Å²) in [6, 6.07) is 12.9. The van der Waals surface area contributed by atoms with Gasteiger partial charge in [-0.3, -0.25) is 0 Å². The molecule has 0 aliphatic heterocycles. The lowest BCUT2D eigenvalue weighted by Gasteiger charge is -2.17. The predicted octanol–water partition coefficient (Wildman–Crippen LogP) is 4.47. The third-order valence-corrected chi connectivity index (χ3v) is 4.09. The fourth-order valence-corrected chi connectivity index (χ4v) is 2.68. The number of phenols is 1. The van der Waals surface area contributed by atoms with Gasteiger partial charge in [0.15, 0.2) is 0 Å². The molecule has 3 rings (SSSR count). The first-order valence-electron chi connectivity index (χ1n) is 8.53. The minimum Gasteiger partial charge on any atom is -0.505 e. The molecule has 0 radical (unpaired) electrons. The number of aromatic nitrogens is 3. The highest BCUT2D eigenvalue weighted by molar-refractivity contribution is 5.73. The van der Waals surface area contributed by atoms with Gasteiger partial charge in [-0.15, -0.1) is 15.0 Å². The summed E-state index contributed by atoms with van der Waals surface area (Å²) in [5, 5.41) is 19.1. The van der Waals surface area contributed by atoms with Crippen molar-refractivity contribution in [1.82, 2.24) is 15.0 Å². The standard InChI is InChI=1S/C19H23N3O2/c1-3-5-8-14(4-2)24-15-11-12-18(19(23)13-15)22-20-16-9-6-7-10-17(16)21-22/h6-7,9-14,23H,3-5,8H2,1-2H3. The lowest BCUT2D eigenvalue weighted by atomic mass is 10.1. The van der Waals surface area contributed by atoms with Crippen molar-refractivity contribution in [3.8, 4) is 17.2 Å². The van der Waals surface area contributed by atoms with Crippen LogP contribution in [-0.2, 0) is 0 Å². The number of ether oxygens (including phenoxy) is 1. The fraction of sp³-hybridized carbons (Fsp3) is 0.368. The zero-order valence-electron chi connectivity index (χ0n) is 14.1. The monoisotopic (exact) mass is 325 g/mol. The summed E-state index contributed by atoms with van der Waals surface area (Å²) in [5.74, 6) is 0.786. The van der Waals surface area contributed by atoms with Gasteiger partial charge in [0.2, 0.25) is 0 Å². The van der Waals surface area contributed by atoms with Crippen LogP contribution < -0.4 is 4.74 Å². The van der Waals surface area contributed by atoms with Gasteiger partial charge < -0.3 is 9.84 Å². The van der Waals surface area contributed by atoms with E-state index in [4.69, 9.17) is 4.74 Å². The number of hydrogen-bond donors (Lipinski definition) is 1. The molecular formula is C19H23N3O2. The second-order valence-corrected chi connectivity index (χ2v) is 5.92. The first kappa shape index (κ1) is 16.3. The van der Waals surface area contributed by atoms with E-state index in [0.29, 0.717) is 11.4 Å². The van der Waals surface area contributed by atoms with Crippen molar-refractivity contribution < 1.29 is 9.84 Å². The molecule has 0 saturated heterocycles. The zero-order valence-corrected chi connectivity index (χ0v) is 14.1. The first-order chi connectivity index (χ1) is 11.7. The van der Waals surface area contributed by atoms with Crippen LogP contribution in [0.3, 0.4) is 0 Å². The molecule has 5 heteroatoms. The lowest BCUT2D eigenvalue weighted by Crippen LogP contribution is -2.15. The Kier molecular flexibility index (Phi) is 4.99. The summed E-state index contributed by atoms with van der Waals surface area (Å²) in [5.41, 5.74) is 2.13. The third-order valence-electron chi connectivity index (χ3n) is 4.09. The van der Waals surface area contributed by atoms with E-state index in [0.717, 1.165) is 36.7 Å². The molecule has 1 N–H and O–H groups in total. The molecule has 2 aromatic carbocycles. The Balaban J connectivity index is 1.81. The molecular weight excluding hydrogens is 302 g/mol. The number of nitrogens with zero attached hydrogens (tertiary/aromatic N) is 3. The third kappa shape index (κ3) is 3.50. The molecule has 0 saturated carbocycles. The van der Waals surface area contributed by atoms with Gasteiger partial charge in [0.25, 0.3) is 0 Å². The summed E-state index contributed by atoms with van der Waals surface area (Å²) in [7, 11) is 0. The zero-order chi connectivity index (χ0) is 16.9. The largest absolute Gasteiger partial charge is 0.505 e. The summed E-state index contributed by atoms with van der Waals surface area (Å²) in [6.45, 7) is 4.29. The number of benzene rings is 2. The van der Waals surface area contributed by atoms with Crippen LogP contribution >= 0.6 is 0 Å². The number of unbranched alkanes of at least 4 members (excludes halogenated alkanes) is 1. The molecule has 0 spiro atoms. The Labute approximate surface area is 141 Å². The number of fused-ring (bicyclic) bond motifs is 1. The second kappa shape index (κ2) is 7.34. The van der Waals surface area contributed by atoms with E-state index in [1.807, 2.05) is 30.3 Å². The van der Waals surface area contributed by atoms with Crippen molar-refractivity contribution in [3.63, 3.8) is 0 Å². The van der Waals surface area contributed by atoms with E-state index < -0.39 is 0 Å². The van der Waals surface area contributed by atoms with Crippen LogP contribution in [0.15, 0.2) is 42.5 Å². The maximum absolute atomic E-state index is 10.4. The smallest absolute Gasteiger partial charge is 0.146 e. The highest BCUT2D eigenvalue weighted by Gasteiger charge is 2.12. The van der Waals surface area contributed by atoms with Gasteiger partial charge in [-0.1, -0.05) is 38.8 Å². The molecule has 1 atom stereocenters. The van der Waals surface area contributed by atoms with Crippen molar-refractivity contribution in [3.05, 3.63) is 42.5 Å². The van der Waals surface area contributed by atoms with Crippen molar-refractivity contribution in [2.75, 3.05) is 0 Å². The molecule has 24 heavy (non-hydrogen) atoms. The molecule has 0 aliphatic carbocycles. The molecule has 126 valence electrons. The van der Waals surface area contributed by atoms with E-state index in [2.05, 4.69) is 24.0 Å². The van der Waals surface area contributed by atoms with Crippen molar-refractivity contribution >= 4 is 11.0 Å². The normalized spacial score (nSPS) is 12.4. The van der Waals surface area contributed by atoms with Crippen LogP contribution in [0.4, 0.5) is 0 Å².